The molecule has 100 valence electrons. The topological polar surface area (TPSA) is 12.0 Å². The van der Waals surface area contributed by atoms with Gasteiger partial charge in [0.2, 0.25) is 0 Å². The summed E-state index contributed by atoms with van der Waals surface area (Å²) in [5, 5.41) is 4.18. The van der Waals surface area contributed by atoms with E-state index in [1.807, 2.05) is 25.2 Å². The first-order chi connectivity index (χ1) is 9.11. The van der Waals surface area contributed by atoms with E-state index in [-0.39, 0.29) is 0 Å². The minimum absolute atomic E-state index is 0.290. The standard InChI is InChI=1S/C17H20ClN/c1-12-6-4-7-13(2)16(12)11-17(19-3)14-8-5-9-15(18)10-14/h4-10,17,19H,11H2,1-3H3. The van der Waals surface area contributed by atoms with Crippen molar-refractivity contribution in [1.29, 1.82) is 0 Å². The van der Waals surface area contributed by atoms with Gasteiger partial charge < -0.3 is 5.32 Å². The maximum atomic E-state index is 6.08. The highest BCUT2D eigenvalue weighted by molar-refractivity contribution is 6.30. The average Bonchev–Trinajstić information content (AvgIpc) is 2.38. The lowest BCUT2D eigenvalue weighted by Gasteiger charge is -2.19. The summed E-state index contributed by atoms with van der Waals surface area (Å²) in [5.41, 5.74) is 5.35. The molecule has 0 aliphatic heterocycles. The second-order valence-electron chi connectivity index (χ2n) is 4.97. The molecule has 19 heavy (non-hydrogen) atoms. The van der Waals surface area contributed by atoms with E-state index in [0.717, 1.165) is 11.4 Å². The molecule has 0 amide bonds. The Hall–Kier alpha value is -1.31. The first-order valence-electron chi connectivity index (χ1n) is 6.59. The molecule has 2 aromatic rings. The van der Waals surface area contributed by atoms with Crippen LogP contribution in [0.3, 0.4) is 0 Å². The van der Waals surface area contributed by atoms with Crippen LogP contribution in [0, 0.1) is 13.8 Å². The Balaban J connectivity index is 2.29. The van der Waals surface area contributed by atoms with E-state index in [0.29, 0.717) is 6.04 Å². The molecular formula is C17H20ClN. The summed E-state index contributed by atoms with van der Waals surface area (Å²) < 4.78 is 0. The largest absolute Gasteiger partial charge is 0.313 e. The highest BCUT2D eigenvalue weighted by atomic mass is 35.5. The Labute approximate surface area is 120 Å². The fourth-order valence-electron chi connectivity index (χ4n) is 2.48. The van der Waals surface area contributed by atoms with Gasteiger partial charge in [-0.2, -0.15) is 0 Å². The molecule has 0 heterocycles. The van der Waals surface area contributed by atoms with Gasteiger partial charge in [0.25, 0.3) is 0 Å². The lowest BCUT2D eigenvalue weighted by Crippen LogP contribution is -2.19. The molecular weight excluding hydrogens is 254 g/mol. The zero-order valence-corrected chi connectivity index (χ0v) is 12.5. The van der Waals surface area contributed by atoms with Gasteiger partial charge in [-0.05, 0) is 61.7 Å². The van der Waals surface area contributed by atoms with Crippen molar-refractivity contribution in [2.24, 2.45) is 0 Å². The molecule has 0 saturated heterocycles. The van der Waals surface area contributed by atoms with Crippen molar-refractivity contribution >= 4 is 11.6 Å². The van der Waals surface area contributed by atoms with E-state index in [1.165, 1.54) is 22.3 Å². The number of likely N-dealkylation sites (N-methyl/N-ethyl adjacent to an activating group) is 1. The van der Waals surface area contributed by atoms with Crippen LogP contribution in [0.25, 0.3) is 0 Å². The number of nitrogens with one attached hydrogen (secondary N) is 1. The lowest BCUT2D eigenvalue weighted by molar-refractivity contribution is 0.589. The number of rotatable bonds is 4. The van der Waals surface area contributed by atoms with Crippen LogP contribution in [0.15, 0.2) is 42.5 Å². The molecule has 0 spiro atoms. The summed E-state index contributed by atoms with van der Waals surface area (Å²) in [6.45, 7) is 4.35. The van der Waals surface area contributed by atoms with Crippen molar-refractivity contribution in [3.63, 3.8) is 0 Å². The zero-order chi connectivity index (χ0) is 13.8. The van der Waals surface area contributed by atoms with E-state index in [2.05, 4.69) is 43.4 Å². The minimum atomic E-state index is 0.290. The molecule has 1 atom stereocenters. The van der Waals surface area contributed by atoms with Gasteiger partial charge in [0.1, 0.15) is 0 Å². The van der Waals surface area contributed by atoms with Crippen molar-refractivity contribution in [2.75, 3.05) is 7.05 Å². The average molecular weight is 274 g/mol. The van der Waals surface area contributed by atoms with Crippen LogP contribution >= 0.6 is 11.6 Å². The SMILES string of the molecule is CNC(Cc1c(C)cccc1C)c1cccc(Cl)c1. The second-order valence-corrected chi connectivity index (χ2v) is 5.41. The molecule has 0 bridgehead atoms. The highest BCUT2D eigenvalue weighted by Gasteiger charge is 2.13. The van der Waals surface area contributed by atoms with Gasteiger partial charge in [0.15, 0.2) is 0 Å². The van der Waals surface area contributed by atoms with Gasteiger partial charge >= 0.3 is 0 Å². The fourth-order valence-corrected chi connectivity index (χ4v) is 2.68. The molecule has 0 aromatic heterocycles. The molecule has 2 aromatic carbocycles. The van der Waals surface area contributed by atoms with Crippen LogP contribution in [0.4, 0.5) is 0 Å². The maximum absolute atomic E-state index is 6.08. The van der Waals surface area contributed by atoms with Gasteiger partial charge in [-0.1, -0.05) is 41.9 Å². The first kappa shape index (κ1) is 14.1. The van der Waals surface area contributed by atoms with Gasteiger partial charge in [-0.15, -0.1) is 0 Å². The number of hydrogen-bond acceptors (Lipinski definition) is 1. The molecule has 0 fully saturated rings. The van der Waals surface area contributed by atoms with E-state index in [1.54, 1.807) is 0 Å². The summed E-state index contributed by atoms with van der Waals surface area (Å²) in [7, 11) is 2.00. The molecule has 1 nitrogen and oxygen atoms in total. The van der Waals surface area contributed by atoms with E-state index in [9.17, 15) is 0 Å². The zero-order valence-electron chi connectivity index (χ0n) is 11.7. The monoisotopic (exact) mass is 273 g/mol. The third-order valence-electron chi connectivity index (χ3n) is 3.65. The third kappa shape index (κ3) is 3.37. The van der Waals surface area contributed by atoms with E-state index < -0.39 is 0 Å². The fraction of sp³-hybridized carbons (Fsp3) is 0.294. The van der Waals surface area contributed by atoms with Crippen molar-refractivity contribution < 1.29 is 0 Å². The summed E-state index contributed by atoms with van der Waals surface area (Å²) in [5.74, 6) is 0. The van der Waals surface area contributed by atoms with Crippen LogP contribution in [-0.4, -0.2) is 7.05 Å². The highest BCUT2D eigenvalue weighted by Crippen LogP contribution is 2.24. The molecule has 2 rings (SSSR count). The molecule has 0 aliphatic rings. The molecule has 1 N–H and O–H groups in total. The predicted octanol–water partition coefficient (Wildman–Crippen LogP) is 4.46. The summed E-state index contributed by atoms with van der Waals surface area (Å²) in [6, 6.07) is 14.8. The van der Waals surface area contributed by atoms with Crippen LogP contribution < -0.4 is 5.32 Å². The van der Waals surface area contributed by atoms with Gasteiger partial charge in [0.05, 0.1) is 0 Å². The first-order valence-corrected chi connectivity index (χ1v) is 6.97. The quantitative estimate of drug-likeness (QED) is 0.867. The van der Waals surface area contributed by atoms with E-state index >= 15 is 0 Å². The number of hydrogen-bond donors (Lipinski definition) is 1. The van der Waals surface area contributed by atoms with E-state index in [4.69, 9.17) is 11.6 Å². The van der Waals surface area contributed by atoms with Crippen LogP contribution in [0.1, 0.15) is 28.3 Å². The predicted molar refractivity (Wildman–Crippen MR) is 82.9 cm³/mol. The van der Waals surface area contributed by atoms with Crippen LogP contribution in [0.2, 0.25) is 5.02 Å². The molecule has 0 radical (unpaired) electrons. The molecule has 2 heteroatoms. The second kappa shape index (κ2) is 6.23. The van der Waals surface area contributed by atoms with Gasteiger partial charge in [-0.25, -0.2) is 0 Å². The smallest absolute Gasteiger partial charge is 0.0409 e. The number of halogens is 1. The summed E-state index contributed by atoms with van der Waals surface area (Å²) in [6.07, 6.45) is 0.981. The van der Waals surface area contributed by atoms with Crippen molar-refractivity contribution in [1.82, 2.24) is 5.32 Å². The molecule has 0 saturated carbocycles. The van der Waals surface area contributed by atoms with Crippen LogP contribution in [0.5, 0.6) is 0 Å². The third-order valence-corrected chi connectivity index (χ3v) is 3.89. The Kier molecular flexibility index (Phi) is 4.62. The number of aryl methyl sites for hydroxylation is 2. The summed E-state index contributed by atoms with van der Waals surface area (Å²) >= 11 is 6.08. The number of benzene rings is 2. The van der Waals surface area contributed by atoms with Crippen LogP contribution in [-0.2, 0) is 6.42 Å². The Morgan fingerprint density at radius 2 is 1.68 bits per heavy atom. The Morgan fingerprint density at radius 3 is 2.26 bits per heavy atom. The summed E-state index contributed by atoms with van der Waals surface area (Å²) in [4.78, 5) is 0. The molecule has 0 aliphatic carbocycles. The van der Waals surface area contributed by atoms with Crippen molar-refractivity contribution in [3.8, 4) is 0 Å². The lowest BCUT2D eigenvalue weighted by atomic mass is 9.93. The van der Waals surface area contributed by atoms with Crippen molar-refractivity contribution in [2.45, 2.75) is 26.3 Å². The molecule has 1 unspecified atom stereocenters. The maximum Gasteiger partial charge on any atom is 0.0409 e. The normalized spacial score (nSPS) is 12.4. The Bertz CT molecular complexity index is 543. The Morgan fingerprint density at radius 1 is 1.05 bits per heavy atom. The van der Waals surface area contributed by atoms with Gasteiger partial charge in [-0.3, -0.25) is 0 Å². The van der Waals surface area contributed by atoms with Gasteiger partial charge in [0, 0.05) is 11.1 Å². The minimum Gasteiger partial charge on any atom is -0.313 e. The van der Waals surface area contributed by atoms with Crippen molar-refractivity contribution in [3.05, 3.63) is 69.7 Å².